The van der Waals surface area contributed by atoms with E-state index in [9.17, 15) is 20.0 Å². The van der Waals surface area contributed by atoms with Gasteiger partial charge in [0.2, 0.25) is 0 Å². The number of amides is 1. The second kappa shape index (κ2) is 7.29. The van der Waals surface area contributed by atoms with E-state index in [1.165, 1.54) is 43.3 Å². The van der Waals surface area contributed by atoms with Gasteiger partial charge >= 0.3 is 0 Å². The minimum Gasteiger partial charge on any atom is -0.506 e. The predicted octanol–water partition coefficient (Wildman–Crippen LogP) is 3.76. The Bertz CT molecular complexity index is 853. The zero-order chi connectivity index (χ0) is 17.9. The largest absolute Gasteiger partial charge is 0.506 e. The number of hydrogen-bond acceptors (Lipinski definition) is 5. The molecule has 0 saturated heterocycles. The fraction of sp³-hybridized carbons (Fsp3) is 0.0667. The minimum absolute atomic E-state index is 0.0390. The lowest BCUT2D eigenvalue weighted by atomic mass is 10.1. The van der Waals surface area contributed by atoms with Crippen molar-refractivity contribution in [3.63, 3.8) is 0 Å². The van der Waals surface area contributed by atoms with Crippen molar-refractivity contribution in [2.24, 2.45) is 5.10 Å². The van der Waals surface area contributed by atoms with Crippen molar-refractivity contribution in [2.75, 3.05) is 0 Å². The number of nitrogens with zero attached hydrogens (tertiary/aromatic N) is 2. The summed E-state index contributed by atoms with van der Waals surface area (Å²) in [6.45, 7) is 1.52. The van der Waals surface area contributed by atoms with Gasteiger partial charge in [0.15, 0.2) is 0 Å². The van der Waals surface area contributed by atoms with Crippen molar-refractivity contribution < 1.29 is 14.8 Å². The summed E-state index contributed by atoms with van der Waals surface area (Å²) in [5.41, 5.74) is 2.19. The number of phenols is 1. The van der Waals surface area contributed by atoms with Crippen LogP contribution in [0.4, 0.5) is 5.69 Å². The summed E-state index contributed by atoms with van der Waals surface area (Å²) in [7, 11) is 0. The number of carbonyl (C=O) groups is 1. The quantitative estimate of drug-likeness (QED) is 0.487. The van der Waals surface area contributed by atoms with E-state index in [-0.39, 0.29) is 38.3 Å². The van der Waals surface area contributed by atoms with Crippen LogP contribution < -0.4 is 5.43 Å². The highest BCUT2D eigenvalue weighted by Crippen LogP contribution is 2.31. The maximum atomic E-state index is 12.1. The van der Waals surface area contributed by atoms with Gasteiger partial charge in [-0.2, -0.15) is 5.10 Å². The molecule has 2 aromatic carbocycles. The Labute approximate surface area is 146 Å². The van der Waals surface area contributed by atoms with Gasteiger partial charge in [-0.15, -0.1) is 0 Å². The molecule has 2 rings (SSSR count). The van der Waals surface area contributed by atoms with Gasteiger partial charge in [0.25, 0.3) is 11.6 Å². The Hall–Kier alpha value is -2.64. The molecular formula is C15H11Cl2N3O4. The van der Waals surface area contributed by atoms with Crippen LogP contribution in [0.1, 0.15) is 22.8 Å². The number of rotatable bonds is 4. The monoisotopic (exact) mass is 367 g/mol. The molecule has 0 aliphatic rings. The molecule has 0 fully saturated rings. The SMILES string of the molecule is CC(=NNC(=O)c1ccccc1[N+](=O)[O-])c1cc(Cl)cc(Cl)c1O. The van der Waals surface area contributed by atoms with E-state index in [2.05, 4.69) is 10.5 Å². The van der Waals surface area contributed by atoms with Crippen molar-refractivity contribution in [3.8, 4) is 5.75 Å². The smallest absolute Gasteiger partial charge is 0.282 e. The van der Waals surface area contributed by atoms with E-state index in [1.54, 1.807) is 0 Å². The lowest BCUT2D eigenvalue weighted by molar-refractivity contribution is -0.385. The van der Waals surface area contributed by atoms with E-state index < -0.39 is 10.8 Å². The average Bonchev–Trinajstić information content (AvgIpc) is 2.55. The summed E-state index contributed by atoms with van der Waals surface area (Å²) < 4.78 is 0. The van der Waals surface area contributed by atoms with Crippen LogP contribution in [0.5, 0.6) is 5.75 Å². The molecule has 0 atom stereocenters. The van der Waals surface area contributed by atoms with Gasteiger partial charge in [0, 0.05) is 16.7 Å². The van der Waals surface area contributed by atoms with Crippen LogP contribution in [0.15, 0.2) is 41.5 Å². The zero-order valence-corrected chi connectivity index (χ0v) is 13.8. The molecule has 0 heterocycles. The maximum Gasteiger partial charge on any atom is 0.282 e. The minimum atomic E-state index is -0.755. The summed E-state index contributed by atoms with van der Waals surface area (Å²) in [5, 5.41) is 25.0. The normalized spacial score (nSPS) is 11.2. The lowest BCUT2D eigenvalue weighted by Gasteiger charge is -2.07. The molecule has 1 amide bonds. The number of benzene rings is 2. The summed E-state index contributed by atoms with van der Waals surface area (Å²) in [6, 6.07) is 8.27. The van der Waals surface area contributed by atoms with Crippen LogP contribution in [-0.2, 0) is 0 Å². The molecule has 7 nitrogen and oxygen atoms in total. The summed E-state index contributed by atoms with van der Waals surface area (Å²) in [4.78, 5) is 22.4. The third-order valence-electron chi connectivity index (χ3n) is 3.09. The van der Waals surface area contributed by atoms with Crippen molar-refractivity contribution >= 4 is 40.5 Å². The number of carbonyl (C=O) groups excluding carboxylic acids is 1. The Morgan fingerprint density at radius 2 is 1.92 bits per heavy atom. The number of phenolic OH excluding ortho intramolecular Hbond substituents is 1. The molecular weight excluding hydrogens is 357 g/mol. The van der Waals surface area contributed by atoms with Crippen LogP contribution in [0, 0.1) is 10.1 Å². The lowest BCUT2D eigenvalue weighted by Crippen LogP contribution is -2.20. The predicted molar refractivity (Wildman–Crippen MR) is 90.9 cm³/mol. The van der Waals surface area contributed by atoms with Crippen molar-refractivity contribution in [1.29, 1.82) is 0 Å². The molecule has 9 heteroatoms. The first-order valence-corrected chi connectivity index (χ1v) is 7.33. The highest BCUT2D eigenvalue weighted by atomic mass is 35.5. The Morgan fingerprint density at radius 3 is 2.58 bits per heavy atom. The second-order valence-corrected chi connectivity index (χ2v) is 5.54. The van der Waals surface area contributed by atoms with Crippen LogP contribution in [0.25, 0.3) is 0 Å². The first kappa shape index (κ1) is 17.7. The average molecular weight is 368 g/mol. The van der Waals surface area contributed by atoms with Crippen LogP contribution in [0.2, 0.25) is 10.0 Å². The zero-order valence-electron chi connectivity index (χ0n) is 12.3. The van der Waals surface area contributed by atoms with E-state index in [4.69, 9.17) is 23.2 Å². The van der Waals surface area contributed by atoms with E-state index in [1.807, 2.05) is 0 Å². The van der Waals surface area contributed by atoms with E-state index in [0.717, 1.165) is 0 Å². The van der Waals surface area contributed by atoms with Crippen LogP contribution >= 0.6 is 23.2 Å². The topological polar surface area (TPSA) is 105 Å². The number of nitrogens with one attached hydrogen (secondary N) is 1. The molecule has 0 bridgehead atoms. The van der Waals surface area contributed by atoms with Crippen molar-refractivity contribution in [3.05, 3.63) is 67.7 Å². The maximum absolute atomic E-state index is 12.1. The molecule has 2 N–H and O–H groups in total. The molecule has 2 aromatic rings. The number of halogens is 2. The number of hydrazone groups is 1. The van der Waals surface area contributed by atoms with Crippen LogP contribution in [0.3, 0.4) is 0 Å². The molecule has 124 valence electrons. The van der Waals surface area contributed by atoms with Gasteiger partial charge in [0.1, 0.15) is 11.3 Å². The summed E-state index contributed by atoms with van der Waals surface area (Å²) in [6.07, 6.45) is 0. The summed E-state index contributed by atoms with van der Waals surface area (Å²) >= 11 is 11.7. The second-order valence-electron chi connectivity index (χ2n) is 4.70. The standard InChI is InChI=1S/C15H11Cl2N3O4/c1-8(11-6-9(16)7-12(17)14(11)21)18-19-15(22)10-4-2-3-5-13(10)20(23)24/h2-7,21H,1H3,(H,19,22). The Balaban J connectivity index is 2.28. The van der Waals surface area contributed by atoms with Crippen LogP contribution in [-0.4, -0.2) is 21.6 Å². The van der Waals surface area contributed by atoms with Crippen molar-refractivity contribution in [2.45, 2.75) is 6.92 Å². The van der Waals surface area contributed by atoms with Gasteiger partial charge < -0.3 is 5.11 Å². The third-order valence-corrected chi connectivity index (χ3v) is 3.59. The van der Waals surface area contributed by atoms with Gasteiger partial charge in [-0.05, 0) is 25.1 Å². The van der Waals surface area contributed by atoms with E-state index in [0.29, 0.717) is 0 Å². The molecule has 0 aliphatic heterocycles. The number of nitro groups is 1. The number of aromatic hydroxyl groups is 1. The Morgan fingerprint density at radius 1 is 1.25 bits per heavy atom. The molecule has 0 aromatic heterocycles. The summed E-state index contributed by atoms with van der Waals surface area (Å²) in [5.74, 6) is -0.989. The number of hydrogen-bond donors (Lipinski definition) is 2. The molecule has 24 heavy (non-hydrogen) atoms. The first-order chi connectivity index (χ1) is 11.3. The fourth-order valence-electron chi connectivity index (χ4n) is 1.92. The molecule has 0 spiro atoms. The fourth-order valence-corrected chi connectivity index (χ4v) is 2.42. The van der Waals surface area contributed by atoms with Crippen molar-refractivity contribution in [1.82, 2.24) is 5.43 Å². The van der Waals surface area contributed by atoms with Gasteiger partial charge in [-0.25, -0.2) is 5.43 Å². The van der Waals surface area contributed by atoms with Gasteiger partial charge in [-0.3, -0.25) is 14.9 Å². The van der Waals surface area contributed by atoms with E-state index >= 15 is 0 Å². The van der Waals surface area contributed by atoms with Gasteiger partial charge in [0.05, 0.1) is 15.7 Å². The Kier molecular flexibility index (Phi) is 5.38. The molecule has 0 unspecified atom stereocenters. The first-order valence-electron chi connectivity index (χ1n) is 6.57. The number of para-hydroxylation sites is 1. The molecule has 0 radical (unpaired) electrons. The molecule has 0 aliphatic carbocycles. The highest BCUT2D eigenvalue weighted by molar-refractivity contribution is 6.36. The number of nitro benzene ring substituents is 1. The highest BCUT2D eigenvalue weighted by Gasteiger charge is 2.19. The van der Waals surface area contributed by atoms with Gasteiger partial charge in [-0.1, -0.05) is 35.3 Å². The molecule has 0 saturated carbocycles. The third kappa shape index (κ3) is 3.81.